The highest BCUT2D eigenvalue weighted by molar-refractivity contribution is 7.16. The molecule has 0 unspecified atom stereocenters. The summed E-state index contributed by atoms with van der Waals surface area (Å²) in [6.07, 6.45) is 0. The lowest BCUT2D eigenvalue weighted by Gasteiger charge is -2.11. The minimum Gasteiger partial charge on any atom is -0.497 e. The van der Waals surface area contributed by atoms with Crippen molar-refractivity contribution in [1.29, 1.82) is 0 Å². The number of carbonyl (C=O) groups is 2. The summed E-state index contributed by atoms with van der Waals surface area (Å²) in [6.45, 7) is 3.78. The van der Waals surface area contributed by atoms with Gasteiger partial charge in [0.2, 0.25) is 0 Å². The smallest absolute Gasteiger partial charge is 0.260 e. The van der Waals surface area contributed by atoms with E-state index in [4.69, 9.17) is 9.47 Å². The Hall–Kier alpha value is -3.32. The number of nitrogens with one attached hydrogen (secondary N) is 2. The monoisotopic (exact) mass is 410 g/mol. The van der Waals surface area contributed by atoms with Crippen LogP contribution in [0, 0.1) is 13.8 Å². The number of ether oxygens (including phenoxy) is 2. The van der Waals surface area contributed by atoms with E-state index in [1.165, 1.54) is 18.4 Å². The number of aryl methyl sites for hydroxylation is 1. The lowest BCUT2D eigenvalue weighted by atomic mass is 10.1. The third kappa shape index (κ3) is 4.41. The molecule has 0 saturated carbocycles. The maximum absolute atomic E-state index is 13.0. The van der Waals surface area contributed by atoms with Crippen molar-refractivity contribution in [2.24, 2.45) is 0 Å². The number of carbonyl (C=O) groups excluding carboxylic acids is 2. The second kappa shape index (κ2) is 8.79. The van der Waals surface area contributed by atoms with Gasteiger partial charge in [-0.05, 0) is 43.7 Å². The maximum atomic E-state index is 13.0. The Labute approximate surface area is 173 Å². The molecule has 0 aliphatic rings. The molecule has 2 aromatic carbocycles. The van der Waals surface area contributed by atoms with Gasteiger partial charge in [-0.25, -0.2) is 0 Å². The summed E-state index contributed by atoms with van der Waals surface area (Å²) in [4.78, 5) is 26.7. The molecule has 0 spiro atoms. The fourth-order valence-corrected chi connectivity index (χ4v) is 3.94. The van der Waals surface area contributed by atoms with Crippen molar-refractivity contribution < 1.29 is 19.1 Å². The third-order valence-electron chi connectivity index (χ3n) is 4.52. The number of anilines is 2. The molecule has 0 fully saturated rings. The van der Waals surface area contributed by atoms with Crippen LogP contribution in [0.25, 0.3) is 0 Å². The second-order valence-corrected chi connectivity index (χ2v) is 7.55. The van der Waals surface area contributed by atoms with E-state index in [-0.39, 0.29) is 11.8 Å². The number of thiophene rings is 1. The molecule has 0 aliphatic heterocycles. The zero-order valence-electron chi connectivity index (χ0n) is 16.7. The normalized spacial score (nSPS) is 10.3. The van der Waals surface area contributed by atoms with Crippen molar-refractivity contribution in [2.45, 2.75) is 13.8 Å². The lowest BCUT2D eigenvalue weighted by molar-refractivity contribution is 0.102. The molecule has 3 rings (SSSR count). The molecule has 150 valence electrons. The number of hydrogen-bond donors (Lipinski definition) is 2. The molecule has 1 aromatic heterocycles. The van der Waals surface area contributed by atoms with Crippen LogP contribution in [0.1, 0.15) is 31.2 Å². The molecule has 3 aromatic rings. The molecule has 0 aliphatic carbocycles. The number of rotatable bonds is 6. The average molecular weight is 410 g/mol. The molecule has 0 saturated heterocycles. The Balaban J connectivity index is 1.88. The highest BCUT2D eigenvalue weighted by Gasteiger charge is 2.22. The lowest BCUT2D eigenvalue weighted by Crippen LogP contribution is -2.18. The van der Waals surface area contributed by atoms with Crippen molar-refractivity contribution in [3.63, 3.8) is 0 Å². The number of methoxy groups -OCH3 is 2. The molecule has 0 atom stereocenters. The van der Waals surface area contributed by atoms with Gasteiger partial charge < -0.3 is 20.1 Å². The summed E-state index contributed by atoms with van der Waals surface area (Å²) in [5.74, 6) is 0.484. The van der Waals surface area contributed by atoms with E-state index in [0.29, 0.717) is 33.3 Å². The van der Waals surface area contributed by atoms with Crippen LogP contribution in [0.15, 0.2) is 48.5 Å². The molecule has 2 N–H and O–H groups in total. The van der Waals surface area contributed by atoms with E-state index in [9.17, 15) is 9.59 Å². The summed E-state index contributed by atoms with van der Waals surface area (Å²) in [6, 6.07) is 14.1. The first-order valence-electron chi connectivity index (χ1n) is 8.94. The number of amides is 2. The van der Waals surface area contributed by atoms with Gasteiger partial charge in [-0.3, -0.25) is 9.59 Å². The first kappa shape index (κ1) is 20.4. The SMILES string of the molecule is COc1cccc(NC(=O)c2c(NC(=O)c3ccccc3OC)sc(C)c2C)c1. The van der Waals surface area contributed by atoms with Crippen molar-refractivity contribution in [2.75, 3.05) is 24.9 Å². The van der Waals surface area contributed by atoms with E-state index < -0.39 is 0 Å². The van der Waals surface area contributed by atoms with Crippen LogP contribution in [0.3, 0.4) is 0 Å². The van der Waals surface area contributed by atoms with E-state index in [2.05, 4.69) is 10.6 Å². The summed E-state index contributed by atoms with van der Waals surface area (Å²) in [5.41, 5.74) is 2.28. The fourth-order valence-electron chi connectivity index (χ4n) is 2.89. The zero-order chi connectivity index (χ0) is 21.0. The van der Waals surface area contributed by atoms with E-state index in [1.807, 2.05) is 13.8 Å². The Kier molecular flexibility index (Phi) is 6.19. The predicted molar refractivity (Wildman–Crippen MR) is 116 cm³/mol. The van der Waals surface area contributed by atoms with Crippen LogP contribution in [0.5, 0.6) is 11.5 Å². The van der Waals surface area contributed by atoms with Gasteiger partial charge in [-0.2, -0.15) is 0 Å². The minimum atomic E-state index is -0.334. The van der Waals surface area contributed by atoms with Gasteiger partial charge >= 0.3 is 0 Å². The number of hydrogen-bond acceptors (Lipinski definition) is 5. The first-order chi connectivity index (χ1) is 13.9. The molecular formula is C22H22N2O4S. The largest absolute Gasteiger partial charge is 0.497 e. The average Bonchev–Trinajstić information content (AvgIpc) is 3.01. The molecule has 0 radical (unpaired) electrons. The van der Waals surface area contributed by atoms with Gasteiger partial charge in [-0.1, -0.05) is 18.2 Å². The summed E-state index contributed by atoms with van der Waals surface area (Å²) >= 11 is 1.37. The van der Waals surface area contributed by atoms with Gasteiger partial charge in [0, 0.05) is 16.6 Å². The van der Waals surface area contributed by atoms with Crippen molar-refractivity contribution in [1.82, 2.24) is 0 Å². The Bertz CT molecular complexity index is 1060. The molecule has 29 heavy (non-hydrogen) atoms. The number of benzene rings is 2. The second-order valence-electron chi connectivity index (χ2n) is 6.33. The van der Waals surface area contributed by atoms with Crippen molar-refractivity contribution in [3.05, 3.63) is 70.1 Å². The van der Waals surface area contributed by atoms with Crippen LogP contribution < -0.4 is 20.1 Å². The van der Waals surface area contributed by atoms with Crippen LogP contribution in [0.2, 0.25) is 0 Å². The zero-order valence-corrected chi connectivity index (χ0v) is 17.5. The van der Waals surface area contributed by atoms with Crippen LogP contribution in [0.4, 0.5) is 10.7 Å². The van der Waals surface area contributed by atoms with Gasteiger partial charge in [0.15, 0.2) is 0 Å². The molecule has 0 bridgehead atoms. The first-order valence-corrected chi connectivity index (χ1v) is 9.76. The van der Waals surface area contributed by atoms with Crippen LogP contribution in [-0.2, 0) is 0 Å². The standard InChI is InChI=1S/C22H22N2O4S/c1-13-14(2)29-22(24-20(25)17-10-5-6-11-18(17)28-4)19(13)21(26)23-15-8-7-9-16(12-15)27-3/h5-12H,1-4H3,(H,23,26)(H,24,25). The Morgan fingerprint density at radius 3 is 2.38 bits per heavy atom. The molecule has 2 amide bonds. The molecule has 6 nitrogen and oxygen atoms in total. The van der Waals surface area contributed by atoms with E-state index >= 15 is 0 Å². The minimum absolute atomic E-state index is 0.296. The Morgan fingerprint density at radius 1 is 0.897 bits per heavy atom. The summed E-state index contributed by atoms with van der Waals surface area (Å²) in [5, 5.41) is 6.24. The van der Waals surface area contributed by atoms with Gasteiger partial charge in [0.1, 0.15) is 16.5 Å². The fraction of sp³-hybridized carbons (Fsp3) is 0.182. The van der Waals surface area contributed by atoms with E-state index in [1.54, 1.807) is 55.6 Å². The summed E-state index contributed by atoms with van der Waals surface area (Å²) < 4.78 is 10.5. The molecular weight excluding hydrogens is 388 g/mol. The van der Waals surface area contributed by atoms with Crippen LogP contribution in [-0.4, -0.2) is 26.0 Å². The van der Waals surface area contributed by atoms with Crippen molar-refractivity contribution >= 4 is 33.8 Å². The third-order valence-corrected chi connectivity index (χ3v) is 5.64. The van der Waals surface area contributed by atoms with Gasteiger partial charge in [0.25, 0.3) is 11.8 Å². The topological polar surface area (TPSA) is 76.7 Å². The van der Waals surface area contributed by atoms with Gasteiger partial charge in [0.05, 0.1) is 25.3 Å². The Morgan fingerprint density at radius 2 is 1.66 bits per heavy atom. The van der Waals surface area contributed by atoms with E-state index in [0.717, 1.165) is 10.4 Å². The molecule has 7 heteroatoms. The highest BCUT2D eigenvalue weighted by Crippen LogP contribution is 2.34. The summed E-state index contributed by atoms with van der Waals surface area (Å²) in [7, 11) is 3.08. The quantitative estimate of drug-likeness (QED) is 0.607. The number of para-hydroxylation sites is 1. The highest BCUT2D eigenvalue weighted by atomic mass is 32.1. The van der Waals surface area contributed by atoms with Crippen molar-refractivity contribution in [3.8, 4) is 11.5 Å². The van der Waals surface area contributed by atoms with Crippen LogP contribution >= 0.6 is 11.3 Å². The van der Waals surface area contributed by atoms with Gasteiger partial charge in [-0.15, -0.1) is 11.3 Å². The maximum Gasteiger partial charge on any atom is 0.260 e. The predicted octanol–water partition coefficient (Wildman–Crippen LogP) is 4.89. The molecule has 1 heterocycles.